The van der Waals surface area contributed by atoms with Crippen LogP contribution in [-0.2, 0) is 16.0 Å². The van der Waals surface area contributed by atoms with Gasteiger partial charge in [-0.2, -0.15) is 0 Å². The van der Waals surface area contributed by atoms with E-state index in [0.29, 0.717) is 17.5 Å². The van der Waals surface area contributed by atoms with Gasteiger partial charge < -0.3 is 10.1 Å². The molecule has 3 amide bonds. The topological polar surface area (TPSA) is 84.5 Å². The van der Waals surface area contributed by atoms with Crippen LogP contribution in [0.15, 0.2) is 84.9 Å². The van der Waals surface area contributed by atoms with E-state index < -0.39 is 24.0 Å². The molecule has 0 saturated carbocycles. The predicted molar refractivity (Wildman–Crippen MR) is 113 cm³/mol. The SMILES string of the molecule is CNC(=O)NC(=O)[C@H](OC(=O)c1ccccc1Cc1ccccc1)c1ccccc1. The van der Waals surface area contributed by atoms with Gasteiger partial charge in [-0.1, -0.05) is 78.9 Å². The second-order valence-electron chi connectivity index (χ2n) is 6.58. The molecular formula is C24H22N2O4. The summed E-state index contributed by atoms with van der Waals surface area (Å²) in [6.07, 6.45) is -0.715. The molecule has 0 aliphatic rings. The molecule has 3 aromatic carbocycles. The van der Waals surface area contributed by atoms with Gasteiger partial charge in [0.15, 0.2) is 0 Å². The largest absolute Gasteiger partial charge is 0.444 e. The van der Waals surface area contributed by atoms with Crippen molar-refractivity contribution in [2.75, 3.05) is 7.05 Å². The summed E-state index contributed by atoms with van der Waals surface area (Å²) in [6, 6.07) is 24.8. The number of hydrogen-bond donors (Lipinski definition) is 2. The quantitative estimate of drug-likeness (QED) is 0.617. The Hall–Kier alpha value is -3.93. The van der Waals surface area contributed by atoms with Crippen LogP contribution in [0.25, 0.3) is 0 Å². The average Bonchev–Trinajstić information content (AvgIpc) is 2.78. The van der Waals surface area contributed by atoms with Crippen molar-refractivity contribution in [3.05, 3.63) is 107 Å². The summed E-state index contributed by atoms with van der Waals surface area (Å²) in [4.78, 5) is 37.2. The Bertz CT molecular complexity index is 1020. The number of hydrogen-bond acceptors (Lipinski definition) is 4. The second-order valence-corrected chi connectivity index (χ2v) is 6.58. The minimum absolute atomic E-state index is 0.370. The molecule has 6 heteroatoms. The molecule has 0 radical (unpaired) electrons. The molecule has 3 aromatic rings. The first-order chi connectivity index (χ1) is 14.6. The smallest absolute Gasteiger partial charge is 0.339 e. The first-order valence-corrected chi connectivity index (χ1v) is 9.49. The summed E-state index contributed by atoms with van der Waals surface area (Å²) in [5.41, 5.74) is 2.67. The van der Waals surface area contributed by atoms with Gasteiger partial charge in [0, 0.05) is 12.6 Å². The first kappa shape index (κ1) is 20.8. The van der Waals surface area contributed by atoms with Gasteiger partial charge in [-0.3, -0.25) is 10.1 Å². The third-order valence-electron chi connectivity index (χ3n) is 4.50. The number of benzene rings is 3. The third-order valence-corrected chi connectivity index (χ3v) is 4.50. The van der Waals surface area contributed by atoms with Crippen LogP contribution in [0.3, 0.4) is 0 Å². The maximum Gasteiger partial charge on any atom is 0.339 e. The van der Waals surface area contributed by atoms with Crippen LogP contribution in [0.1, 0.15) is 33.2 Å². The number of esters is 1. The highest BCUT2D eigenvalue weighted by atomic mass is 16.5. The van der Waals surface area contributed by atoms with Crippen molar-refractivity contribution in [2.45, 2.75) is 12.5 Å². The molecule has 0 unspecified atom stereocenters. The van der Waals surface area contributed by atoms with Gasteiger partial charge in [-0.25, -0.2) is 9.59 Å². The molecule has 30 heavy (non-hydrogen) atoms. The molecule has 0 saturated heterocycles. The molecular weight excluding hydrogens is 380 g/mol. The number of rotatable bonds is 6. The van der Waals surface area contributed by atoms with Gasteiger partial charge in [0.05, 0.1) is 5.56 Å². The van der Waals surface area contributed by atoms with E-state index >= 15 is 0 Å². The highest BCUT2D eigenvalue weighted by Crippen LogP contribution is 2.22. The fourth-order valence-corrected chi connectivity index (χ4v) is 3.00. The average molecular weight is 402 g/mol. The van der Waals surface area contributed by atoms with Crippen molar-refractivity contribution in [1.82, 2.24) is 10.6 Å². The number of carbonyl (C=O) groups excluding carboxylic acids is 3. The monoisotopic (exact) mass is 402 g/mol. The molecule has 2 N–H and O–H groups in total. The third kappa shape index (κ3) is 5.32. The van der Waals surface area contributed by atoms with E-state index in [9.17, 15) is 14.4 Å². The van der Waals surface area contributed by atoms with Gasteiger partial charge in [-0.15, -0.1) is 0 Å². The van der Waals surface area contributed by atoms with Crippen molar-refractivity contribution in [3.8, 4) is 0 Å². The lowest BCUT2D eigenvalue weighted by atomic mass is 10.00. The highest BCUT2D eigenvalue weighted by Gasteiger charge is 2.27. The van der Waals surface area contributed by atoms with Crippen LogP contribution in [0.5, 0.6) is 0 Å². The van der Waals surface area contributed by atoms with Crippen molar-refractivity contribution < 1.29 is 19.1 Å². The van der Waals surface area contributed by atoms with E-state index in [2.05, 4.69) is 10.6 Å². The zero-order valence-electron chi connectivity index (χ0n) is 16.5. The zero-order valence-corrected chi connectivity index (χ0v) is 16.5. The summed E-state index contributed by atoms with van der Waals surface area (Å²) >= 11 is 0. The predicted octanol–water partition coefficient (Wildman–Crippen LogP) is 3.63. The molecule has 152 valence electrons. The lowest BCUT2D eigenvalue weighted by molar-refractivity contribution is -0.129. The number of amides is 3. The molecule has 0 aromatic heterocycles. The molecule has 0 fully saturated rings. The number of carbonyl (C=O) groups is 3. The normalized spacial score (nSPS) is 11.2. The van der Waals surface area contributed by atoms with Crippen LogP contribution in [0.2, 0.25) is 0 Å². The van der Waals surface area contributed by atoms with E-state index in [0.717, 1.165) is 11.1 Å². The summed E-state index contributed by atoms with van der Waals surface area (Å²) < 4.78 is 5.58. The standard InChI is InChI=1S/C24H22N2O4/c1-25-24(29)26-22(27)21(18-12-6-3-7-13-18)30-23(28)20-15-9-8-14-19(20)16-17-10-4-2-5-11-17/h2-15,21H,16H2,1H3,(H2,25,26,27,29)/t21-/m1/s1. The van der Waals surface area contributed by atoms with E-state index in [1.807, 2.05) is 42.5 Å². The van der Waals surface area contributed by atoms with Crippen molar-refractivity contribution >= 4 is 17.9 Å². The van der Waals surface area contributed by atoms with E-state index in [1.54, 1.807) is 42.5 Å². The molecule has 0 spiro atoms. The molecule has 0 aliphatic heterocycles. The molecule has 1 atom stereocenters. The Balaban J connectivity index is 1.86. The summed E-state index contributed by atoms with van der Waals surface area (Å²) in [7, 11) is 1.39. The van der Waals surface area contributed by atoms with E-state index in [-0.39, 0.29) is 0 Å². The van der Waals surface area contributed by atoms with Gasteiger partial charge >= 0.3 is 12.0 Å². The summed E-state index contributed by atoms with van der Waals surface area (Å²) in [5.74, 6) is -1.36. The van der Waals surface area contributed by atoms with Crippen molar-refractivity contribution in [1.29, 1.82) is 0 Å². The zero-order chi connectivity index (χ0) is 21.3. The molecule has 3 rings (SSSR count). The number of nitrogens with one attached hydrogen (secondary N) is 2. The van der Waals surface area contributed by atoms with Crippen LogP contribution in [-0.4, -0.2) is 25.0 Å². The Morgan fingerprint density at radius 2 is 1.43 bits per heavy atom. The number of imide groups is 1. The Kier molecular flexibility index (Phi) is 6.95. The van der Waals surface area contributed by atoms with Crippen LogP contribution < -0.4 is 10.6 Å². The summed E-state index contributed by atoms with van der Waals surface area (Å²) in [5, 5.41) is 4.49. The molecule has 0 aliphatic carbocycles. The fourth-order valence-electron chi connectivity index (χ4n) is 3.00. The number of ether oxygens (including phenoxy) is 1. The van der Waals surface area contributed by atoms with Gasteiger partial charge in [0.25, 0.3) is 5.91 Å². The highest BCUT2D eigenvalue weighted by molar-refractivity contribution is 5.99. The minimum Gasteiger partial charge on any atom is -0.444 e. The van der Waals surface area contributed by atoms with Crippen molar-refractivity contribution in [3.63, 3.8) is 0 Å². The van der Waals surface area contributed by atoms with Gasteiger partial charge in [0.2, 0.25) is 6.10 Å². The fraction of sp³-hybridized carbons (Fsp3) is 0.125. The van der Waals surface area contributed by atoms with Crippen LogP contribution >= 0.6 is 0 Å². The maximum absolute atomic E-state index is 13.0. The number of urea groups is 1. The Labute approximate surface area is 174 Å². The van der Waals surface area contributed by atoms with E-state index in [1.165, 1.54) is 7.05 Å². The van der Waals surface area contributed by atoms with E-state index in [4.69, 9.17) is 4.74 Å². The molecule has 6 nitrogen and oxygen atoms in total. The van der Waals surface area contributed by atoms with Crippen LogP contribution in [0, 0.1) is 0 Å². The Morgan fingerprint density at radius 1 is 0.833 bits per heavy atom. The maximum atomic E-state index is 13.0. The lowest BCUT2D eigenvalue weighted by Crippen LogP contribution is -2.41. The summed E-state index contributed by atoms with van der Waals surface area (Å²) in [6.45, 7) is 0. The van der Waals surface area contributed by atoms with Gasteiger partial charge in [-0.05, 0) is 23.6 Å². The van der Waals surface area contributed by atoms with Gasteiger partial charge in [0.1, 0.15) is 0 Å². The second kappa shape index (κ2) is 10.0. The minimum atomic E-state index is -1.26. The molecule has 0 bridgehead atoms. The van der Waals surface area contributed by atoms with Crippen molar-refractivity contribution in [2.24, 2.45) is 0 Å². The lowest BCUT2D eigenvalue weighted by Gasteiger charge is -2.18. The molecule has 0 heterocycles. The Morgan fingerprint density at radius 3 is 2.10 bits per heavy atom. The van der Waals surface area contributed by atoms with Crippen LogP contribution in [0.4, 0.5) is 4.79 Å². The first-order valence-electron chi connectivity index (χ1n) is 9.49.